The number of carbonyl (C=O) groups excluding carboxylic acids is 1. The molecule has 2 rings (SSSR count). The molecule has 0 fully saturated rings. The van der Waals surface area contributed by atoms with E-state index in [1.54, 1.807) is 31.5 Å². The van der Waals surface area contributed by atoms with Crippen molar-refractivity contribution < 1.29 is 9.53 Å². The van der Waals surface area contributed by atoms with Gasteiger partial charge in [0.2, 0.25) is 0 Å². The van der Waals surface area contributed by atoms with E-state index in [0.29, 0.717) is 24.5 Å². The summed E-state index contributed by atoms with van der Waals surface area (Å²) in [6, 6.07) is 3.42. The monoisotopic (exact) mass is 274 g/mol. The summed E-state index contributed by atoms with van der Waals surface area (Å²) in [7, 11) is 1.95. The molecule has 106 valence electrons. The van der Waals surface area contributed by atoms with Gasteiger partial charge in [0.25, 0.3) is 0 Å². The molecule has 0 radical (unpaired) electrons. The zero-order valence-corrected chi connectivity index (χ0v) is 11.7. The molecule has 0 aromatic carbocycles. The lowest BCUT2D eigenvalue weighted by atomic mass is 10.2. The number of ether oxygens (including phenoxy) is 1. The van der Waals surface area contributed by atoms with Gasteiger partial charge in [-0.2, -0.15) is 0 Å². The van der Waals surface area contributed by atoms with Crippen LogP contribution in [0.1, 0.15) is 23.1 Å². The molecule has 2 aromatic rings. The highest BCUT2D eigenvalue weighted by atomic mass is 16.5. The van der Waals surface area contributed by atoms with Crippen molar-refractivity contribution in [3.8, 4) is 0 Å². The summed E-state index contributed by atoms with van der Waals surface area (Å²) in [6.45, 7) is 2.77. The quantitative estimate of drug-likeness (QED) is 0.811. The Morgan fingerprint density at radius 2 is 2.25 bits per heavy atom. The van der Waals surface area contributed by atoms with Gasteiger partial charge in [-0.1, -0.05) is 0 Å². The van der Waals surface area contributed by atoms with Crippen LogP contribution in [0.4, 0.5) is 5.82 Å². The SMILES string of the molecule is CCOC(=O)c1cccnc1NCCc1nccn1C. The first-order valence-electron chi connectivity index (χ1n) is 6.54. The molecule has 0 saturated carbocycles. The molecule has 0 amide bonds. The standard InChI is InChI=1S/C14H18N4O2/c1-3-20-14(19)11-5-4-7-16-13(11)17-8-6-12-15-9-10-18(12)2/h4-5,7,9-10H,3,6,8H2,1-2H3,(H,16,17). The topological polar surface area (TPSA) is 69.0 Å². The first-order valence-corrected chi connectivity index (χ1v) is 6.54. The maximum absolute atomic E-state index is 11.8. The van der Waals surface area contributed by atoms with Crippen molar-refractivity contribution in [1.82, 2.24) is 14.5 Å². The number of pyridine rings is 1. The van der Waals surface area contributed by atoms with Crippen LogP contribution in [0, 0.1) is 0 Å². The second-order valence-electron chi connectivity index (χ2n) is 4.25. The van der Waals surface area contributed by atoms with Crippen LogP contribution in [0.15, 0.2) is 30.7 Å². The van der Waals surface area contributed by atoms with Crippen molar-refractivity contribution in [1.29, 1.82) is 0 Å². The Morgan fingerprint density at radius 3 is 2.95 bits per heavy atom. The smallest absolute Gasteiger partial charge is 0.341 e. The van der Waals surface area contributed by atoms with Gasteiger partial charge in [-0.25, -0.2) is 14.8 Å². The van der Waals surface area contributed by atoms with E-state index in [-0.39, 0.29) is 5.97 Å². The van der Waals surface area contributed by atoms with E-state index >= 15 is 0 Å². The Labute approximate surface area is 117 Å². The molecule has 0 spiro atoms. The van der Waals surface area contributed by atoms with Crippen molar-refractivity contribution in [3.63, 3.8) is 0 Å². The summed E-state index contributed by atoms with van der Waals surface area (Å²) in [6.07, 6.45) is 6.06. The molecule has 0 aliphatic carbocycles. The molecular weight excluding hydrogens is 256 g/mol. The average Bonchev–Trinajstić information content (AvgIpc) is 2.85. The summed E-state index contributed by atoms with van der Waals surface area (Å²) in [5, 5.41) is 3.15. The lowest BCUT2D eigenvalue weighted by Gasteiger charge is -2.10. The maximum atomic E-state index is 11.8. The summed E-state index contributed by atoms with van der Waals surface area (Å²) in [5.74, 6) is 1.16. The molecule has 0 bridgehead atoms. The predicted octanol–water partition coefficient (Wildman–Crippen LogP) is 1.65. The zero-order valence-electron chi connectivity index (χ0n) is 11.7. The molecule has 20 heavy (non-hydrogen) atoms. The molecule has 0 aliphatic heterocycles. The summed E-state index contributed by atoms with van der Waals surface area (Å²) < 4.78 is 6.97. The van der Waals surface area contributed by atoms with Crippen molar-refractivity contribution in [2.45, 2.75) is 13.3 Å². The second-order valence-corrected chi connectivity index (χ2v) is 4.25. The second kappa shape index (κ2) is 6.70. The van der Waals surface area contributed by atoms with Crippen LogP contribution >= 0.6 is 0 Å². The fourth-order valence-electron chi connectivity index (χ4n) is 1.85. The van der Waals surface area contributed by atoms with Crippen LogP contribution in [0.5, 0.6) is 0 Å². The van der Waals surface area contributed by atoms with E-state index in [1.807, 2.05) is 17.8 Å². The minimum Gasteiger partial charge on any atom is -0.462 e. The number of nitrogens with one attached hydrogen (secondary N) is 1. The van der Waals surface area contributed by atoms with Crippen LogP contribution in [0.25, 0.3) is 0 Å². The van der Waals surface area contributed by atoms with Gasteiger partial charge in [-0.05, 0) is 19.1 Å². The lowest BCUT2D eigenvalue weighted by Crippen LogP contribution is -2.14. The molecule has 0 atom stereocenters. The van der Waals surface area contributed by atoms with E-state index < -0.39 is 0 Å². The third kappa shape index (κ3) is 3.34. The van der Waals surface area contributed by atoms with Crippen LogP contribution in [-0.2, 0) is 18.2 Å². The van der Waals surface area contributed by atoms with Gasteiger partial charge in [0.05, 0.1) is 6.61 Å². The van der Waals surface area contributed by atoms with Gasteiger partial charge in [0.1, 0.15) is 17.2 Å². The number of rotatable bonds is 6. The predicted molar refractivity (Wildman–Crippen MR) is 75.6 cm³/mol. The Morgan fingerprint density at radius 1 is 1.40 bits per heavy atom. The summed E-state index contributed by atoms with van der Waals surface area (Å²) in [4.78, 5) is 20.2. The minimum atomic E-state index is -0.361. The van der Waals surface area contributed by atoms with Gasteiger partial charge < -0.3 is 14.6 Å². The summed E-state index contributed by atoms with van der Waals surface area (Å²) >= 11 is 0. The Balaban J connectivity index is 1.99. The molecule has 2 aromatic heterocycles. The van der Waals surface area contributed by atoms with E-state index in [2.05, 4.69) is 15.3 Å². The Hall–Kier alpha value is -2.37. The van der Waals surface area contributed by atoms with Gasteiger partial charge >= 0.3 is 5.97 Å². The van der Waals surface area contributed by atoms with E-state index in [9.17, 15) is 4.79 Å². The molecule has 6 nitrogen and oxygen atoms in total. The molecule has 0 saturated heterocycles. The van der Waals surface area contributed by atoms with Gasteiger partial charge in [-0.15, -0.1) is 0 Å². The number of nitrogens with zero attached hydrogens (tertiary/aromatic N) is 3. The fourth-order valence-corrected chi connectivity index (χ4v) is 1.85. The highest BCUT2D eigenvalue weighted by molar-refractivity contribution is 5.94. The molecular formula is C14H18N4O2. The van der Waals surface area contributed by atoms with Crippen LogP contribution < -0.4 is 5.32 Å². The largest absolute Gasteiger partial charge is 0.462 e. The first kappa shape index (κ1) is 14.0. The van der Waals surface area contributed by atoms with Crippen LogP contribution in [-0.4, -0.2) is 33.7 Å². The Kier molecular flexibility index (Phi) is 4.70. The first-order chi connectivity index (χ1) is 9.72. The van der Waals surface area contributed by atoms with Crippen molar-refractivity contribution in [2.75, 3.05) is 18.5 Å². The van der Waals surface area contributed by atoms with Crippen molar-refractivity contribution in [3.05, 3.63) is 42.1 Å². The maximum Gasteiger partial charge on any atom is 0.341 e. The van der Waals surface area contributed by atoms with Crippen LogP contribution in [0.2, 0.25) is 0 Å². The number of hydrogen-bond acceptors (Lipinski definition) is 5. The average molecular weight is 274 g/mol. The number of aryl methyl sites for hydroxylation is 1. The van der Waals surface area contributed by atoms with Crippen molar-refractivity contribution >= 4 is 11.8 Å². The van der Waals surface area contributed by atoms with Gasteiger partial charge in [-0.3, -0.25) is 0 Å². The number of aromatic nitrogens is 3. The fraction of sp³-hybridized carbons (Fsp3) is 0.357. The molecule has 0 unspecified atom stereocenters. The van der Waals surface area contributed by atoms with Gasteiger partial charge in [0, 0.05) is 38.6 Å². The third-order valence-corrected chi connectivity index (χ3v) is 2.87. The highest BCUT2D eigenvalue weighted by Gasteiger charge is 2.12. The van der Waals surface area contributed by atoms with E-state index in [0.717, 1.165) is 12.2 Å². The molecule has 6 heteroatoms. The normalized spacial score (nSPS) is 10.3. The molecule has 2 heterocycles. The zero-order chi connectivity index (χ0) is 14.4. The third-order valence-electron chi connectivity index (χ3n) is 2.87. The number of carbonyl (C=O) groups is 1. The van der Waals surface area contributed by atoms with Crippen molar-refractivity contribution in [2.24, 2.45) is 7.05 Å². The summed E-state index contributed by atoms with van der Waals surface area (Å²) in [5.41, 5.74) is 0.453. The number of esters is 1. The number of hydrogen-bond donors (Lipinski definition) is 1. The van der Waals surface area contributed by atoms with Crippen LogP contribution in [0.3, 0.4) is 0 Å². The lowest BCUT2D eigenvalue weighted by molar-refractivity contribution is 0.0527. The highest BCUT2D eigenvalue weighted by Crippen LogP contribution is 2.12. The minimum absolute atomic E-state index is 0.348. The van der Waals surface area contributed by atoms with E-state index in [1.165, 1.54) is 0 Å². The number of anilines is 1. The molecule has 1 N–H and O–H groups in total. The number of imidazole rings is 1. The van der Waals surface area contributed by atoms with Gasteiger partial charge in [0.15, 0.2) is 0 Å². The van der Waals surface area contributed by atoms with E-state index in [4.69, 9.17) is 4.74 Å². The Bertz CT molecular complexity index is 580. The molecule has 0 aliphatic rings.